The normalized spacial score (nSPS) is 16.1. The van der Waals surface area contributed by atoms with Crippen LogP contribution in [-0.2, 0) is 11.3 Å². The first-order valence-corrected chi connectivity index (χ1v) is 12.2. The standard InChI is InChI=1S/C23H16BrIN2O5S/c1-31-16-8-6-15(7-9-16)26-23-27(12-13-2-4-14(5-3-13)22(29)30)21(28)19(33-23)11-17-10-18(24)20(25)32-17/h2-11H,12H2,1H3,(H,29,30)/b19-11-,26-23?. The number of carbonyl (C=O) groups is 2. The molecule has 1 aliphatic heterocycles. The molecule has 1 amide bonds. The van der Waals surface area contributed by atoms with Gasteiger partial charge in [0.1, 0.15) is 11.5 Å². The van der Waals surface area contributed by atoms with Gasteiger partial charge in [0.05, 0.1) is 34.3 Å². The molecular formula is C23H16BrIN2O5S. The van der Waals surface area contributed by atoms with Gasteiger partial charge < -0.3 is 14.3 Å². The summed E-state index contributed by atoms with van der Waals surface area (Å²) in [5, 5.41) is 9.64. The van der Waals surface area contributed by atoms with Gasteiger partial charge in [-0.15, -0.1) is 0 Å². The van der Waals surface area contributed by atoms with Gasteiger partial charge >= 0.3 is 5.97 Å². The monoisotopic (exact) mass is 638 g/mol. The Morgan fingerprint density at radius 3 is 2.52 bits per heavy atom. The van der Waals surface area contributed by atoms with Gasteiger partial charge in [-0.2, -0.15) is 0 Å². The largest absolute Gasteiger partial charge is 0.497 e. The molecule has 0 saturated carbocycles. The number of methoxy groups -OCH3 is 1. The van der Waals surface area contributed by atoms with E-state index in [9.17, 15) is 9.59 Å². The fourth-order valence-electron chi connectivity index (χ4n) is 3.00. The van der Waals surface area contributed by atoms with Crippen LogP contribution in [0, 0.1) is 3.77 Å². The Morgan fingerprint density at radius 1 is 1.24 bits per heavy atom. The van der Waals surface area contributed by atoms with Crippen molar-refractivity contribution in [1.29, 1.82) is 0 Å². The van der Waals surface area contributed by atoms with Crippen molar-refractivity contribution in [3.05, 3.63) is 84.6 Å². The highest BCUT2D eigenvalue weighted by molar-refractivity contribution is 14.1. The van der Waals surface area contributed by atoms with E-state index in [0.29, 0.717) is 31.0 Å². The minimum absolute atomic E-state index is 0.187. The number of benzene rings is 2. The van der Waals surface area contributed by atoms with E-state index in [1.54, 1.807) is 48.4 Å². The maximum absolute atomic E-state index is 13.3. The van der Waals surface area contributed by atoms with Crippen molar-refractivity contribution in [2.24, 2.45) is 4.99 Å². The second-order valence-electron chi connectivity index (χ2n) is 6.87. The summed E-state index contributed by atoms with van der Waals surface area (Å²) in [4.78, 5) is 31.1. The van der Waals surface area contributed by atoms with Crippen LogP contribution in [0.1, 0.15) is 21.7 Å². The van der Waals surface area contributed by atoms with Crippen LogP contribution < -0.4 is 4.74 Å². The number of carboxylic acids is 1. The summed E-state index contributed by atoms with van der Waals surface area (Å²) in [6.07, 6.45) is 1.69. The average molecular weight is 639 g/mol. The number of aliphatic imine (C=N–C) groups is 1. The summed E-state index contributed by atoms with van der Waals surface area (Å²) in [5.41, 5.74) is 1.65. The predicted molar refractivity (Wildman–Crippen MR) is 139 cm³/mol. The molecule has 1 aliphatic rings. The number of nitrogens with zero attached hydrogens (tertiary/aromatic N) is 2. The summed E-state index contributed by atoms with van der Waals surface area (Å²) in [6, 6.07) is 15.4. The van der Waals surface area contributed by atoms with Crippen molar-refractivity contribution >= 4 is 79.1 Å². The van der Waals surface area contributed by atoms with Crippen molar-refractivity contribution in [2.75, 3.05) is 7.11 Å². The third-order valence-electron chi connectivity index (χ3n) is 4.66. The van der Waals surface area contributed by atoms with E-state index in [2.05, 4.69) is 43.5 Å². The number of hydrogen-bond acceptors (Lipinski definition) is 6. The van der Waals surface area contributed by atoms with Gasteiger partial charge in [-0.1, -0.05) is 12.1 Å². The molecule has 4 rings (SSSR count). The lowest BCUT2D eigenvalue weighted by Gasteiger charge is -2.16. The Morgan fingerprint density at radius 2 is 1.94 bits per heavy atom. The maximum Gasteiger partial charge on any atom is 0.335 e. The second kappa shape index (κ2) is 10.1. The van der Waals surface area contributed by atoms with Crippen LogP contribution in [0.5, 0.6) is 5.75 Å². The molecule has 2 heterocycles. The van der Waals surface area contributed by atoms with E-state index in [1.165, 1.54) is 23.9 Å². The quantitative estimate of drug-likeness (QED) is 0.257. The first-order valence-electron chi connectivity index (χ1n) is 9.55. The molecule has 33 heavy (non-hydrogen) atoms. The molecule has 168 valence electrons. The van der Waals surface area contributed by atoms with Gasteiger partial charge in [0.2, 0.25) is 0 Å². The molecule has 3 aromatic rings. The SMILES string of the molecule is COc1ccc(N=C2S/C(=C\c3cc(Br)c(I)o3)C(=O)N2Cc2ccc(C(=O)O)cc2)cc1. The number of hydrogen-bond donors (Lipinski definition) is 1. The number of carboxylic acid groups (broad SMARTS) is 1. The molecule has 0 bridgehead atoms. The topological polar surface area (TPSA) is 92.3 Å². The van der Waals surface area contributed by atoms with E-state index in [0.717, 1.165) is 10.0 Å². The first-order chi connectivity index (χ1) is 15.8. The molecule has 1 N–H and O–H groups in total. The van der Waals surface area contributed by atoms with E-state index < -0.39 is 5.97 Å². The van der Waals surface area contributed by atoms with Gasteiger partial charge in [-0.3, -0.25) is 9.69 Å². The Kier molecular flexibility index (Phi) is 7.25. The van der Waals surface area contributed by atoms with Crippen LogP contribution >= 0.6 is 50.3 Å². The van der Waals surface area contributed by atoms with Gasteiger partial charge in [0.15, 0.2) is 8.93 Å². The smallest absolute Gasteiger partial charge is 0.335 e. The number of amides is 1. The Hall–Kier alpha value is -2.57. The predicted octanol–water partition coefficient (Wildman–Crippen LogP) is 6.16. The molecule has 7 nitrogen and oxygen atoms in total. The Bertz CT molecular complexity index is 1250. The summed E-state index contributed by atoms with van der Waals surface area (Å²) in [7, 11) is 1.59. The van der Waals surface area contributed by atoms with Crippen molar-refractivity contribution in [3.8, 4) is 5.75 Å². The van der Waals surface area contributed by atoms with Crippen LogP contribution in [-0.4, -0.2) is 34.2 Å². The summed E-state index contributed by atoms with van der Waals surface area (Å²) >= 11 is 6.73. The van der Waals surface area contributed by atoms with Crippen LogP contribution in [0.3, 0.4) is 0 Å². The minimum atomic E-state index is -0.999. The second-order valence-corrected chi connectivity index (χ2v) is 9.71. The molecule has 0 spiro atoms. The zero-order chi connectivity index (χ0) is 23.5. The Labute approximate surface area is 215 Å². The van der Waals surface area contributed by atoms with Crippen molar-refractivity contribution in [1.82, 2.24) is 4.90 Å². The first kappa shape index (κ1) is 23.6. The third-order valence-corrected chi connectivity index (χ3v) is 7.80. The molecule has 0 radical (unpaired) electrons. The summed E-state index contributed by atoms with van der Waals surface area (Å²) < 4.78 is 12.4. The zero-order valence-electron chi connectivity index (χ0n) is 17.1. The lowest BCUT2D eigenvalue weighted by Crippen LogP contribution is -2.28. The highest BCUT2D eigenvalue weighted by atomic mass is 127. The number of furan rings is 1. The molecular weight excluding hydrogens is 623 g/mol. The molecule has 2 aromatic carbocycles. The fraction of sp³-hybridized carbons (Fsp3) is 0.0870. The van der Waals surface area contributed by atoms with E-state index in [-0.39, 0.29) is 18.0 Å². The number of carbonyl (C=O) groups excluding carboxylic acids is 1. The van der Waals surface area contributed by atoms with E-state index in [4.69, 9.17) is 14.3 Å². The van der Waals surface area contributed by atoms with Gasteiger partial charge in [0.25, 0.3) is 5.91 Å². The minimum Gasteiger partial charge on any atom is -0.497 e. The van der Waals surface area contributed by atoms with Crippen LogP contribution in [0.25, 0.3) is 6.08 Å². The number of thioether (sulfide) groups is 1. The van der Waals surface area contributed by atoms with Gasteiger partial charge in [-0.05, 0) is 75.7 Å². The van der Waals surface area contributed by atoms with Gasteiger partial charge in [-0.25, -0.2) is 9.79 Å². The zero-order valence-corrected chi connectivity index (χ0v) is 21.7. The average Bonchev–Trinajstić information content (AvgIpc) is 3.27. The van der Waals surface area contributed by atoms with Crippen molar-refractivity contribution < 1.29 is 23.8 Å². The molecule has 10 heteroatoms. The Balaban J connectivity index is 1.67. The van der Waals surface area contributed by atoms with Crippen LogP contribution in [0.4, 0.5) is 5.69 Å². The number of ether oxygens (including phenoxy) is 1. The molecule has 1 fully saturated rings. The fourth-order valence-corrected chi connectivity index (χ4v) is 4.69. The van der Waals surface area contributed by atoms with E-state index in [1.807, 2.05) is 12.1 Å². The number of rotatable bonds is 6. The number of aromatic carboxylic acids is 1. The molecule has 1 saturated heterocycles. The van der Waals surface area contributed by atoms with Crippen LogP contribution in [0.2, 0.25) is 0 Å². The third kappa shape index (κ3) is 5.50. The maximum atomic E-state index is 13.3. The highest BCUT2D eigenvalue weighted by Crippen LogP contribution is 2.36. The van der Waals surface area contributed by atoms with E-state index >= 15 is 0 Å². The lowest BCUT2D eigenvalue weighted by molar-refractivity contribution is -0.122. The summed E-state index contributed by atoms with van der Waals surface area (Å²) in [5.74, 6) is 0.0549. The molecule has 1 aromatic heterocycles. The molecule has 0 unspecified atom stereocenters. The number of halogens is 2. The highest BCUT2D eigenvalue weighted by Gasteiger charge is 2.34. The molecule has 0 atom stereocenters. The summed E-state index contributed by atoms with van der Waals surface area (Å²) in [6.45, 7) is 0.247. The van der Waals surface area contributed by atoms with Crippen molar-refractivity contribution in [3.63, 3.8) is 0 Å². The van der Waals surface area contributed by atoms with Crippen molar-refractivity contribution in [2.45, 2.75) is 6.54 Å². The molecule has 0 aliphatic carbocycles. The number of amidine groups is 1. The van der Waals surface area contributed by atoms with Crippen LogP contribution in [0.15, 0.2) is 73.4 Å². The lowest BCUT2D eigenvalue weighted by atomic mass is 10.1. The van der Waals surface area contributed by atoms with Gasteiger partial charge in [0, 0.05) is 28.7 Å².